The normalized spacial score (nSPS) is 33.7. The van der Waals surface area contributed by atoms with Crippen molar-refractivity contribution in [3.05, 3.63) is 35.9 Å². The number of benzene rings is 1. The van der Waals surface area contributed by atoms with Crippen molar-refractivity contribution in [3.63, 3.8) is 0 Å². The quantitative estimate of drug-likeness (QED) is 0.615. The Morgan fingerprint density at radius 3 is 2.55 bits per heavy atom. The van der Waals surface area contributed by atoms with E-state index in [0.717, 1.165) is 12.0 Å². The number of nitrogens with one attached hydrogen (secondary N) is 1. The SMILES string of the molecule is CCOC(=O)[C@@H]1[C@H]2C(=O)N([C@H](CO)c3ccccc3)C(C(=O)NC(C)(C)C)C23S[C@@H]1CC3C. The first kappa shape index (κ1) is 24.1. The van der Waals surface area contributed by atoms with Gasteiger partial charge in [0.2, 0.25) is 11.8 Å². The molecule has 180 valence electrons. The van der Waals surface area contributed by atoms with Crippen molar-refractivity contribution in [2.24, 2.45) is 17.8 Å². The summed E-state index contributed by atoms with van der Waals surface area (Å²) in [5.74, 6) is -2.02. The number of nitrogens with zero attached hydrogens (tertiary/aromatic N) is 1. The minimum Gasteiger partial charge on any atom is -0.466 e. The van der Waals surface area contributed by atoms with Gasteiger partial charge in [-0.05, 0) is 45.6 Å². The van der Waals surface area contributed by atoms with Crippen molar-refractivity contribution in [1.29, 1.82) is 0 Å². The second-order valence-electron chi connectivity index (χ2n) is 10.4. The number of amides is 2. The van der Waals surface area contributed by atoms with Gasteiger partial charge in [-0.2, -0.15) is 0 Å². The van der Waals surface area contributed by atoms with Crippen molar-refractivity contribution < 1.29 is 24.2 Å². The predicted octanol–water partition coefficient (Wildman–Crippen LogP) is 2.54. The number of hydrogen-bond acceptors (Lipinski definition) is 6. The van der Waals surface area contributed by atoms with Gasteiger partial charge in [-0.3, -0.25) is 14.4 Å². The standard InChI is InChI=1S/C25H34N2O5S/c1-6-32-23(31)18-17-12-14(2)25(33-17)19(18)22(30)27(20(25)21(29)26-24(3,4)5)16(13-28)15-10-8-7-9-11-15/h7-11,14,16-20,28H,6,12-13H2,1-5H3,(H,26,29)/t14?,16-,17-,18+,19+,20?,25?/m1/s1. The molecule has 1 aromatic rings. The highest BCUT2D eigenvalue weighted by atomic mass is 32.2. The average Bonchev–Trinajstić information content (AvgIpc) is 3.33. The zero-order valence-corrected chi connectivity index (χ0v) is 20.7. The summed E-state index contributed by atoms with van der Waals surface area (Å²) in [6.45, 7) is 9.49. The van der Waals surface area contributed by atoms with E-state index < -0.39 is 34.2 Å². The van der Waals surface area contributed by atoms with Gasteiger partial charge in [-0.15, -0.1) is 11.8 Å². The Morgan fingerprint density at radius 2 is 1.97 bits per heavy atom. The molecule has 1 aromatic carbocycles. The van der Waals surface area contributed by atoms with Crippen LogP contribution in [-0.4, -0.2) is 62.6 Å². The molecule has 3 saturated heterocycles. The van der Waals surface area contributed by atoms with E-state index in [-0.39, 0.29) is 42.2 Å². The van der Waals surface area contributed by atoms with E-state index in [2.05, 4.69) is 12.2 Å². The third-order valence-corrected chi connectivity index (χ3v) is 9.26. The van der Waals surface area contributed by atoms with Crippen LogP contribution in [0.4, 0.5) is 0 Å². The fourth-order valence-corrected chi connectivity index (χ4v) is 8.46. The van der Waals surface area contributed by atoms with Crippen LogP contribution < -0.4 is 5.32 Å². The number of carbonyl (C=O) groups excluding carboxylic acids is 3. The van der Waals surface area contributed by atoms with Gasteiger partial charge in [-0.25, -0.2) is 0 Å². The maximum Gasteiger partial charge on any atom is 0.310 e. The molecule has 0 aromatic heterocycles. The summed E-state index contributed by atoms with van der Waals surface area (Å²) >= 11 is 1.61. The molecule has 0 radical (unpaired) electrons. The summed E-state index contributed by atoms with van der Waals surface area (Å²) in [6, 6.07) is 7.82. The van der Waals surface area contributed by atoms with Gasteiger partial charge >= 0.3 is 5.97 Å². The van der Waals surface area contributed by atoms with Gasteiger partial charge in [0.15, 0.2) is 0 Å². The van der Waals surface area contributed by atoms with Gasteiger partial charge in [0, 0.05) is 10.8 Å². The maximum atomic E-state index is 14.1. The molecule has 7 atom stereocenters. The molecular weight excluding hydrogens is 440 g/mol. The summed E-state index contributed by atoms with van der Waals surface area (Å²) in [6.07, 6.45) is 0.750. The van der Waals surface area contributed by atoms with Crippen LogP contribution in [0.2, 0.25) is 0 Å². The lowest BCUT2D eigenvalue weighted by molar-refractivity contribution is -0.154. The van der Waals surface area contributed by atoms with E-state index in [1.165, 1.54) is 0 Å². The summed E-state index contributed by atoms with van der Waals surface area (Å²) < 4.78 is 4.64. The van der Waals surface area contributed by atoms with Crippen molar-refractivity contribution in [1.82, 2.24) is 10.2 Å². The van der Waals surface area contributed by atoms with E-state index >= 15 is 0 Å². The highest BCUT2D eigenvalue weighted by Gasteiger charge is 2.77. The number of hydrogen-bond donors (Lipinski definition) is 2. The molecule has 33 heavy (non-hydrogen) atoms. The molecule has 0 aliphatic carbocycles. The number of thioether (sulfide) groups is 1. The molecule has 0 saturated carbocycles. The first-order chi connectivity index (χ1) is 15.6. The molecule has 3 aliphatic heterocycles. The smallest absolute Gasteiger partial charge is 0.310 e. The fraction of sp³-hybridized carbons (Fsp3) is 0.640. The Labute approximate surface area is 199 Å². The van der Waals surface area contributed by atoms with Crippen molar-refractivity contribution >= 4 is 29.5 Å². The highest BCUT2D eigenvalue weighted by molar-refractivity contribution is 8.02. The number of rotatable bonds is 6. The number of carbonyl (C=O) groups is 3. The van der Waals surface area contributed by atoms with Gasteiger partial charge in [-0.1, -0.05) is 37.3 Å². The van der Waals surface area contributed by atoms with Crippen LogP contribution in [0.15, 0.2) is 30.3 Å². The highest BCUT2D eigenvalue weighted by Crippen LogP contribution is 2.69. The number of esters is 1. The summed E-state index contributed by atoms with van der Waals surface area (Å²) in [5.41, 5.74) is 0.269. The van der Waals surface area contributed by atoms with E-state index in [9.17, 15) is 19.5 Å². The van der Waals surface area contributed by atoms with Crippen LogP contribution in [0.1, 0.15) is 52.6 Å². The van der Waals surface area contributed by atoms with Crippen molar-refractivity contribution in [2.45, 2.75) is 68.7 Å². The Bertz CT molecular complexity index is 932. The molecule has 3 unspecified atom stereocenters. The summed E-state index contributed by atoms with van der Waals surface area (Å²) in [5, 5.41) is 13.4. The topological polar surface area (TPSA) is 95.9 Å². The minimum atomic E-state index is -0.795. The Morgan fingerprint density at radius 1 is 1.30 bits per heavy atom. The monoisotopic (exact) mass is 474 g/mol. The first-order valence-electron chi connectivity index (χ1n) is 11.7. The lowest BCUT2D eigenvalue weighted by atomic mass is 9.66. The van der Waals surface area contributed by atoms with Crippen LogP contribution in [0.3, 0.4) is 0 Å². The van der Waals surface area contributed by atoms with Crippen molar-refractivity contribution in [3.8, 4) is 0 Å². The molecule has 2 bridgehead atoms. The molecule has 8 heteroatoms. The summed E-state index contributed by atoms with van der Waals surface area (Å²) in [4.78, 5) is 42.5. The Kier molecular flexibility index (Phi) is 6.29. The number of aliphatic hydroxyl groups excluding tert-OH is 1. The molecule has 3 aliphatic rings. The predicted molar refractivity (Wildman–Crippen MR) is 126 cm³/mol. The van der Waals surface area contributed by atoms with Gasteiger partial charge in [0.1, 0.15) is 6.04 Å². The largest absolute Gasteiger partial charge is 0.466 e. The van der Waals surface area contributed by atoms with E-state index in [0.29, 0.717) is 0 Å². The molecular formula is C25H34N2O5S. The molecule has 2 amide bonds. The van der Waals surface area contributed by atoms with Crippen LogP contribution in [0.25, 0.3) is 0 Å². The third-order valence-electron chi connectivity index (χ3n) is 7.18. The third kappa shape index (κ3) is 3.75. The second-order valence-corrected chi connectivity index (χ2v) is 11.9. The first-order valence-corrected chi connectivity index (χ1v) is 12.6. The zero-order valence-electron chi connectivity index (χ0n) is 19.9. The van der Waals surface area contributed by atoms with Crippen molar-refractivity contribution in [2.75, 3.05) is 13.2 Å². The molecule has 2 N–H and O–H groups in total. The Hall–Kier alpha value is -2.06. The number of likely N-dealkylation sites (tertiary alicyclic amines) is 1. The average molecular weight is 475 g/mol. The fourth-order valence-electron chi connectivity index (χ4n) is 6.07. The lowest BCUT2D eigenvalue weighted by Crippen LogP contribution is -2.59. The van der Waals surface area contributed by atoms with Crippen LogP contribution in [-0.2, 0) is 19.1 Å². The van der Waals surface area contributed by atoms with E-state index in [1.54, 1.807) is 23.6 Å². The van der Waals surface area contributed by atoms with Crippen LogP contribution in [0.5, 0.6) is 0 Å². The zero-order chi connectivity index (χ0) is 24.1. The molecule has 3 fully saturated rings. The number of fused-ring (bicyclic) bond motifs is 1. The maximum absolute atomic E-state index is 14.1. The number of aliphatic hydroxyl groups is 1. The van der Waals surface area contributed by atoms with E-state index in [1.807, 2.05) is 51.1 Å². The molecule has 4 rings (SSSR count). The van der Waals surface area contributed by atoms with Gasteiger partial charge in [0.05, 0.1) is 35.8 Å². The minimum absolute atomic E-state index is 0.0515. The van der Waals surface area contributed by atoms with Crippen LogP contribution in [0, 0.1) is 17.8 Å². The van der Waals surface area contributed by atoms with E-state index in [4.69, 9.17) is 4.74 Å². The number of ether oxygens (including phenoxy) is 1. The molecule has 1 spiro atoms. The lowest BCUT2D eigenvalue weighted by Gasteiger charge is -2.41. The van der Waals surface area contributed by atoms with Crippen LogP contribution >= 0.6 is 11.8 Å². The summed E-state index contributed by atoms with van der Waals surface area (Å²) in [7, 11) is 0. The Balaban J connectivity index is 1.85. The molecule has 3 heterocycles. The second kappa shape index (κ2) is 8.62. The van der Waals surface area contributed by atoms with Gasteiger partial charge in [0.25, 0.3) is 0 Å². The molecule has 7 nitrogen and oxygen atoms in total. The van der Waals surface area contributed by atoms with Gasteiger partial charge < -0.3 is 20.1 Å².